The molecule has 0 aliphatic carbocycles. The Morgan fingerprint density at radius 2 is 1.81 bits per heavy atom. The molecule has 2 aromatic carbocycles. The Kier molecular flexibility index (Phi) is 7.79. The second-order valence-electron chi connectivity index (χ2n) is 6.49. The Bertz CT molecular complexity index is 770. The maximum absolute atomic E-state index is 10.9. The van der Waals surface area contributed by atoms with Gasteiger partial charge in [0.1, 0.15) is 5.69 Å². The van der Waals surface area contributed by atoms with Crippen LogP contribution in [0.15, 0.2) is 52.7 Å². The van der Waals surface area contributed by atoms with Gasteiger partial charge in [-0.05, 0) is 48.9 Å². The standard InChI is InChI=1S/C21H27N4O2/c1-4-5-6-7-14-22-20-15-18(25(2)3)12-13-19(20)24-23-17-10-8-16(9-11-17)21(26)27/h8-13,15,22H,1,4-7,14H2,2-3H3,(H,26,27). The Labute approximate surface area is 160 Å². The van der Waals surface area contributed by atoms with Gasteiger partial charge in [0.15, 0.2) is 0 Å². The Morgan fingerprint density at radius 1 is 1.07 bits per heavy atom. The second kappa shape index (κ2) is 10.3. The molecular formula is C21H27N4O2. The summed E-state index contributed by atoms with van der Waals surface area (Å²) in [5.74, 6) is -0.955. The molecule has 0 amide bonds. The van der Waals surface area contributed by atoms with Crippen LogP contribution in [0.3, 0.4) is 0 Å². The summed E-state index contributed by atoms with van der Waals surface area (Å²) in [6, 6.07) is 12.3. The third-order valence-corrected chi connectivity index (χ3v) is 4.13. The number of anilines is 2. The van der Waals surface area contributed by atoms with Gasteiger partial charge < -0.3 is 15.3 Å². The van der Waals surface area contributed by atoms with Crippen molar-refractivity contribution < 1.29 is 9.90 Å². The van der Waals surface area contributed by atoms with Gasteiger partial charge in [-0.1, -0.05) is 26.2 Å². The number of carbonyl (C=O) groups is 1. The molecule has 0 atom stereocenters. The Morgan fingerprint density at radius 3 is 2.44 bits per heavy atom. The van der Waals surface area contributed by atoms with Crippen molar-refractivity contribution in [2.75, 3.05) is 30.9 Å². The first kappa shape index (κ1) is 20.4. The van der Waals surface area contributed by atoms with Gasteiger partial charge in [0.05, 0.1) is 16.9 Å². The van der Waals surface area contributed by atoms with Crippen LogP contribution in [0.4, 0.5) is 22.7 Å². The molecule has 2 N–H and O–H groups in total. The number of rotatable bonds is 10. The average Bonchev–Trinajstić information content (AvgIpc) is 2.66. The molecule has 2 rings (SSSR count). The van der Waals surface area contributed by atoms with Crippen LogP contribution in [0.25, 0.3) is 0 Å². The molecule has 0 aromatic heterocycles. The number of nitrogens with zero attached hydrogens (tertiary/aromatic N) is 3. The van der Waals surface area contributed by atoms with Crippen LogP contribution in [0.2, 0.25) is 0 Å². The predicted octanol–water partition coefficient (Wildman–Crippen LogP) is 5.67. The SMILES string of the molecule is [CH2]CCCCCNc1cc(N(C)C)ccc1N=Nc1ccc(C(=O)O)cc1. The minimum absolute atomic E-state index is 0.230. The number of unbranched alkanes of at least 4 members (excludes halogenated alkanes) is 3. The maximum atomic E-state index is 10.9. The lowest BCUT2D eigenvalue weighted by molar-refractivity contribution is 0.0697. The number of azo groups is 1. The van der Waals surface area contributed by atoms with Crippen LogP contribution in [0, 0.1) is 6.92 Å². The largest absolute Gasteiger partial charge is 0.478 e. The van der Waals surface area contributed by atoms with Crippen LogP contribution in [0.5, 0.6) is 0 Å². The molecule has 6 nitrogen and oxygen atoms in total. The van der Waals surface area contributed by atoms with Crippen molar-refractivity contribution in [3.63, 3.8) is 0 Å². The summed E-state index contributed by atoms with van der Waals surface area (Å²) in [6.45, 7) is 4.74. The smallest absolute Gasteiger partial charge is 0.335 e. The molecule has 2 aromatic rings. The maximum Gasteiger partial charge on any atom is 0.335 e. The van der Waals surface area contributed by atoms with Crippen LogP contribution in [0.1, 0.15) is 36.0 Å². The fraction of sp³-hybridized carbons (Fsp3) is 0.333. The molecule has 0 unspecified atom stereocenters. The Hall–Kier alpha value is -2.89. The monoisotopic (exact) mass is 367 g/mol. The molecular weight excluding hydrogens is 340 g/mol. The molecule has 0 saturated heterocycles. The number of hydrogen-bond donors (Lipinski definition) is 2. The summed E-state index contributed by atoms with van der Waals surface area (Å²) < 4.78 is 0. The van der Waals surface area contributed by atoms with Gasteiger partial charge in [-0.15, -0.1) is 5.11 Å². The third-order valence-electron chi connectivity index (χ3n) is 4.13. The highest BCUT2D eigenvalue weighted by Crippen LogP contribution is 2.31. The summed E-state index contributed by atoms with van der Waals surface area (Å²) in [5.41, 5.74) is 3.61. The van der Waals surface area contributed by atoms with Gasteiger partial charge >= 0.3 is 5.97 Å². The molecule has 0 saturated carbocycles. The fourth-order valence-electron chi connectivity index (χ4n) is 2.51. The van der Waals surface area contributed by atoms with E-state index in [9.17, 15) is 4.79 Å². The topological polar surface area (TPSA) is 77.3 Å². The van der Waals surface area contributed by atoms with Gasteiger partial charge in [0.25, 0.3) is 0 Å². The van der Waals surface area contributed by atoms with Crippen molar-refractivity contribution in [1.82, 2.24) is 0 Å². The van der Waals surface area contributed by atoms with E-state index in [-0.39, 0.29) is 5.56 Å². The van der Waals surface area contributed by atoms with Crippen LogP contribution in [-0.2, 0) is 0 Å². The third kappa shape index (κ3) is 6.40. The van der Waals surface area contributed by atoms with Crippen molar-refractivity contribution >= 4 is 28.7 Å². The normalized spacial score (nSPS) is 10.9. The zero-order valence-electron chi connectivity index (χ0n) is 16.0. The van der Waals surface area contributed by atoms with Crippen LogP contribution >= 0.6 is 0 Å². The molecule has 0 bridgehead atoms. The summed E-state index contributed by atoms with van der Waals surface area (Å²) >= 11 is 0. The molecule has 143 valence electrons. The van der Waals surface area contributed by atoms with E-state index in [2.05, 4.69) is 28.5 Å². The highest BCUT2D eigenvalue weighted by Gasteiger charge is 2.06. The molecule has 0 fully saturated rings. The number of carboxylic acids is 1. The average molecular weight is 367 g/mol. The van der Waals surface area contributed by atoms with Crippen molar-refractivity contribution in [1.29, 1.82) is 0 Å². The van der Waals surface area contributed by atoms with Gasteiger partial charge in [-0.25, -0.2) is 4.79 Å². The van der Waals surface area contributed by atoms with E-state index in [1.165, 1.54) is 12.1 Å². The van der Waals surface area contributed by atoms with Crippen LogP contribution < -0.4 is 10.2 Å². The van der Waals surface area contributed by atoms with Crippen molar-refractivity contribution in [2.24, 2.45) is 10.2 Å². The molecule has 0 heterocycles. The molecule has 0 spiro atoms. The number of nitrogens with one attached hydrogen (secondary N) is 1. The quantitative estimate of drug-likeness (QED) is 0.419. The first-order valence-electron chi connectivity index (χ1n) is 9.11. The summed E-state index contributed by atoms with van der Waals surface area (Å²) in [5, 5.41) is 21.0. The lowest BCUT2D eigenvalue weighted by atomic mass is 10.2. The summed E-state index contributed by atoms with van der Waals surface area (Å²) in [7, 11) is 4.00. The molecule has 27 heavy (non-hydrogen) atoms. The number of aromatic carboxylic acids is 1. The van der Waals surface area contributed by atoms with Crippen molar-refractivity contribution in [2.45, 2.75) is 25.7 Å². The van der Waals surface area contributed by atoms with Crippen molar-refractivity contribution in [3.05, 3.63) is 55.0 Å². The predicted molar refractivity (Wildman–Crippen MR) is 111 cm³/mol. The number of benzene rings is 2. The number of hydrogen-bond acceptors (Lipinski definition) is 5. The van der Waals surface area contributed by atoms with E-state index in [4.69, 9.17) is 5.11 Å². The minimum Gasteiger partial charge on any atom is -0.478 e. The highest BCUT2D eigenvalue weighted by atomic mass is 16.4. The van der Waals surface area contributed by atoms with E-state index in [1.807, 2.05) is 31.1 Å². The zero-order valence-corrected chi connectivity index (χ0v) is 16.0. The first-order valence-corrected chi connectivity index (χ1v) is 9.11. The van der Waals surface area contributed by atoms with Gasteiger partial charge in [-0.2, -0.15) is 5.11 Å². The second-order valence-corrected chi connectivity index (χ2v) is 6.49. The Balaban J connectivity index is 2.14. The van der Waals surface area contributed by atoms with Crippen molar-refractivity contribution in [3.8, 4) is 0 Å². The van der Waals surface area contributed by atoms with E-state index in [1.54, 1.807) is 12.1 Å². The lowest BCUT2D eigenvalue weighted by Crippen LogP contribution is -2.09. The molecule has 0 aliphatic rings. The molecule has 0 aliphatic heterocycles. The lowest BCUT2D eigenvalue weighted by Gasteiger charge is -2.16. The van der Waals surface area contributed by atoms with Crippen LogP contribution in [-0.4, -0.2) is 31.7 Å². The summed E-state index contributed by atoms with van der Waals surface area (Å²) in [6.07, 6.45) is 4.33. The number of carboxylic acid groups (broad SMARTS) is 1. The van der Waals surface area contributed by atoms with E-state index in [0.717, 1.165) is 49.3 Å². The first-order chi connectivity index (χ1) is 13.0. The fourth-order valence-corrected chi connectivity index (χ4v) is 2.51. The molecule has 1 radical (unpaired) electrons. The summed E-state index contributed by atoms with van der Waals surface area (Å²) in [4.78, 5) is 13.0. The van der Waals surface area contributed by atoms with E-state index < -0.39 is 5.97 Å². The zero-order chi connectivity index (χ0) is 19.6. The molecule has 6 heteroatoms. The highest BCUT2D eigenvalue weighted by molar-refractivity contribution is 5.87. The van der Waals surface area contributed by atoms with Gasteiger partial charge in [0, 0.05) is 26.3 Å². The van der Waals surface area contributed by atoms with Gasteiger partial charge in [0.2, 0.25) is 0 Å². The van der Waals surface area contributed by atoms with E-state index in [0.29, 0.717) is 5.69 Å². The minimum atomic E-state index is -0.955. The van der Waals surface area contributed by atoms with E-state index >= 15 is 0 Å². The van der Waals surface area contributed by atoms with Gasteiger partial charge in [-0.3, -0.25) is 0 Å².